The molecule has 2 aromatic carbocycles. The molecule has 0 aromatic heterocycles. The molecule has 0 spiro atoms. The summed E-state index contributed by atoms with van der Waals surface area (Å²) in [6.45, 7) is 0.751. The maximum Gasteiger partial charge on any atom is 0.131 e. The summed E-state index contributed by atoms with van der Waals surface area (Å²) in [4.78, 5) is 2.03. The lowest BCUT2D eigenvalue weighted by molar-refractivity contribution is 0.623. The van der Waals surface area contributed by atoms with E-state index < -0.39 is 0 Å². The van der Waals surface area contributed by atoms with Crippen LogP contribution in [0.4, 0.5) is 10.1 Å². The fourth-order valence-corrected chi connectivity index (χ4v) is 2.39. The summed E-state index contributed by atoms with van der Waals surface area (Å²) in [5.41, 5.74) is 3.70. The Bertz CT molecular complexity index is 616. The lowest BCUT2D eigenvalue weighted by Crippen LogP contribution is -2.15. The molecule has 3 rings (SSSR count). The number of nitrogens with zero attached hydrogens (tertiary/aromatic N) is 1. The van der Waals surface area contributed by atoms with Crippen LogP contribution >= 0.6 is 0 Å². The van der Waals surface area contributed by atoms with Crippen LogP contribution in [0.5, 0.6) is 0 Å². The van der Waals surface area contributed by atoms with Crippen molar-refractivity contribution in [1.82, 2.24) is 5.32 Å². The number of nitrogens with one attached hydrogen (secondary N) is 1. The van der Waals surface area contributed by atoms with Crippen molar-refractivity contribution in [2.45, 2.75) is 25.4 Å². The number of rotatable bonds is 5. The zero-order valence-corrected chi connectivity index (χ0v) is 12.6. The second-order valence-corrected chi connectivity index (χ2v) is 5.91. The van der Waals surface area contributed by atoms with Gasteiger partial charge in [0.05, 0.1) is 0 Å². The van der Waals surface area contributed by atoms with E-state index in [2.05, 4.69) is 5.32 Å². The van der Waals surface area contributed by atoms with Gasteiger partial charge in [0.15, 0.2) is 0 Å². The smallest absolute Gasteiger partial charge is 0.131 e. The van der Waals surface area contributed by atoms with Gasteiger partial charge in [0.1, 0.15) is 5.82 Å². The molecule has 1 saturated carbocycles. The molecule has 1 aliphatic rings. The van der Waals surface area contributed by atoms with E-state index in [0.717, 1.165) is 23.4 Å². The van der Waals surface area contributed by atoms with Crippen LogP contribution in [-0.2, 0) is 6.54 Å². The average Bonchev–Trinajstić information content (AvgIpc) is 3.29. The topological polar surface area (TPSA) is 15.3 Å². The summed E-state index contributed by atoms with van der Waals surface area (Å²) in [7, 11) is 3.99. The number of benzene rings is 2. The fraction of sp³-hybridized carbons (Fsp3) is 0.333. The second-order valence-electron chi connectivity index (χ2n) is 5.91. The molecule has 21 heavy (non-hydrogen) atoms. The normalized spacial score (nSPS) is 14.2. The first kappa shape index (κ1) is 14.1. The van der Waals surface area contributed by atoms with Crippen LogP contribution in [0.3, 0.4) is 0 Å². The predicted molar refractivity (Wildman–Crippen MR) is 86.0 cm³/mol. The molecule has 0 aliphatic heterocycles. The van der Waals surface area contributed by atoms with Crippen molar-refractivity contribution < 1.29 is 4.39 Å². The Morgan fingerprint density at radius 3 is 2.38 bits per heavy atom. The Kier molecular flexibility index (Phi) is 3.93. The molecule has 1 N–H and O–H groups in total. The van der Waals surface area contributed by atoms with Gasteiger partial charge in [-0.25, -0.2) is 4.39 Å². The Hall–Kier alpha value is -1.87. The lowest BCUT2D eigenvalue weighted by atomic mass is 10.0. The van der Waals surface area contributed by atoms with E-state index in [1.54, 1.807) is 6.07 Å². The number of anilines is 1. The molecule has 2 nitrogen and oxygen atoms in total. The SMILES string of the molecule is CN(C)c1ccc(-c2ccc(CNC3CC3)cc2F)cc1. The third-order valence-electron chi connectivity index (χ3n) is 3.90. The van der Waals surface area contributed by atoms with Crippen LogP contribution in [0.25, 0.3) is 11.1 Å². The van der Waals surface area contributed by atoms with Crippen molar-refractivity contribution in [2.24, 2.45) is 0 Å². The van der Waals surface area contributed by atoms with Gasteiger partial charge < -0.3 is 10.2 Å². The van der Waals surface area contributed by atoms with E-state index in [4.69, 9.17) is 0 Å². The third-order valence-corrected chi connectivity index (χ3v) is 3.90. The van der Waals surface area contributed by atoms with Gasteiger partial charge in [-0.05, 0) is 42.2 Å². The maximum atomic E-state index is 14.3. The predicted octanol–water partition coefficient (Wildman–Crippen LogP) is 3.81. The van der Waals surface area contributed by atoms with E-state index in [9.17, 15) is 4.39 Å². The summed E-state index contributed by atoms with van der Waals surface area (Å²) in [6, 6.07) is 14.1. The average molecular weight is 284 g/mol. The highest BCUT2D eigenvalue weighted by Gasteiger charge is 2.20. The van der Waals surface area contributed by atoms with E-state index in [0.29, 0.717) is 11.6 Å². The summed E-state index contributed by atoms with van der Waals surface area (Å²) < 4.78 is 14.3. The van der Waals surface area contributed by atoms with Crippen LogP contribution in [0.1, 0.15) is 18.4 Å². The first-order chi connectivity index (χ1) is 10.1. The summed E-state index contributed by atoms with van der Waals surface area (Å²) in [5.74, 6) is -0.150. The van der Waals surface area contributed by atoms with Crippen LogP contribution < -0.4 is 10.2 Å². The Morgan fingerprint density at radius 1 is 1.10 bits per heavy atom. The largest absolute Gasteiger partial charge is 0.378 e. The molecule has 0 unspecified atom stereocenters. The molecule has 0 atom stereocenters. The molecule has 0 saturated heterocycles. The number of halogens is 1. The summed E-state index contributed by atoms with van der Waals surface area (Å²) >= 11 is 0. The van der Waals surface area contributed by atoms with Crippen molar-refractivity contribution in [3.63, 3.8) is 0 Å². The van der Waals surface area contributed by atoms with Gasteiger partial charge >= 0.3 is 0 Å². The molecule has 110 valence electrons. The van der Waals surface area contributed by atoms with Crippen molar-refractivity contribution in [3.05, 3.63) is 53.8 Å². The van der Waals surface area contributed by atoms with E-state index in [1.165, 1.54) is 12.8 Å². The minimum absolute atomic E-state index is 0.150. The van der Waals surface area contributed by atoms with Crippen molar-refractivity contribution in [2.75, 3.05) is 19.0 Å². The van der Waals surface area contributed by atoms with Crippen LogP contribution in [-0.4, -0.2) is 20.1 Å². The fourth-order valence-electron chi connectivity index (χ4n) is 2.39. The molecule has 0 bridgehead atoms. The van der Waals surface area contributed by atoms with Gasteiger partial charge in [0.25, 0.3) is 0 Å². The van der Waals surface area contributed by atoms with Gasteiger partial charge in [0.2, 0.25) is 0 Å². The molecular formula is C18H21FN2. The highest BCUT2D eigenvalue weighted by Crippen LogP contribution is 2.26. The van der Waals surface area contributed by atoms with Crippen LogP contribution in [0, 0.1) is 5.82 Å². The van der Waals surface area contributed by atoms with Crippen molar-refractivity contribution in [1.29, 1.82) is 0 Å². The second kappa shape index (κ2) is 5.86. The molecule has 0 heterocycles. The molecule has 1 fully saturated rings. The minimum atomic E-state index is -0.150. The standard InChI is InChI=1S/C18H21FN2/c1-21(2)16-8-4-14(5-9-16)17-10-3-13(11-18(17)19)12-20-15-6-7-15/h3-5,8-11,15,20H,6-7,12H2,1-2H3. The number of hydrogen-bond donors (Lipinski definition) is 1. The van der Waals surface area contributed by atoms with Crippen molar-refractivity contribution in [3.8, 4) is 11.1 Å². The molecule has 2 aromatic rings. The molecule has 0 radical (unpaired) electrons. The summed E-state index contributed by atoms with van der Waals surface area (Å²) in [5, 5.41) is 3.41. The monoisotopic (exact) mass is 284 g/mol. The van der Waals surface area contributed by atoms with Gasteiger partial charge in [0, 0.05) is 37.9 Å². The Labute approximate surface area is 125 Å². The summed E-state index contributed by atoms with van der Waals surface area (Å²) in [6.07, 6.45) is 2.50. The zero-order chi connectivity index (χ0) is 14.8. The van der Waals surface area contributed by atoms with E-state index in [1.807, 2.05) is 55.4 Å². The third kappa shape index (κ3) is 3.42. The molecule has 1 aliphatic carbocycles. The van der Waals surface area contributed by atoms with Gasteiger partial charge in [-0.15, -0.1) is 0 Å². The van der Waals surface area contributed by atoms with Crippen molar-refractivity contribution >= 4 is 5.69 Å². The number of hydrogen-bond acceptors (Lipinski definition) is 2. The highest BCUT2D eigenvalue weighted by molar-refractivity contribution is 5.67. The Balaban J connectivity index is 1.77. The first-order valence-electron chi connectivity index (χ1n) is 7.43. The van der Waals surface area contributed by atoms with Crippen LogP contribution in [0.15, 0.2) is 42.5 Å². The minimum Gasteiger partial charge on any atom is -0.378 e. The zero-order valence-electron chi connectivity index (χ0n) is 12.6. The van der Waals surface area contributed by atoms with Crippen LogP contribution in [0.2, 0.25) is 0 Å². The van der Waals surface area contributed by atoms with Gasteiger partial charge in [-0.1, -0.05) is 24.3 Å². The van der Waals surface area contributed by atoms with E-state index in [-0.39, 0.29) is 5.82 Å². The first-order valence-corrected chi connectivity index (χ1v) is 7.43. The molecule has 0 amide bonds. The molecule has 3 heteroatoms. The quantitative estimate of drug-likeness (QED) is 0.898. The van der Waals surface area contributed by atoms with Gasteiger partial charge in [-0.3, -0.25) is 0 Å². The van der Waals surface area contributed by atoms with E-state index >= 15 is 0 Å². The molecular weight excluding hydrogens is 263 g/mol. The van der Waals surface area contributed by atoms with Gasteiger partial charge in [-0.2, -0.15) is 0 Å². The lowest BCUT2D eigenvalue weighted by Gasteiger charge is -2.13. The highest BCUT2D eigenvalue weighted by atomic mass is 19.1. The maximum absolute atomic E-state index is 14.3. The Morgan fingerprint density at radius 2 is 1.81 bits per heavy atom.